The van der Waals surface area contributed by atoms with Crippen molar-refractivity contribution in [2.75, 3.05) is 13.1 Å². The number of nitrogens with zero attached hydrogens (tertiary/aromatic N) is 1. The number of aromatic amines is 1. The second-order valence-corrected chi connectivity index (χ2v) is 4.80. The molecule has 1 aliphatic rings. The summed E-state index contributed by atoms with van der Waals surface area (Å²) in [4.78, 5) is 23.2. The van der Waals surface area contributed by atoms with Crippen LogP contribution >= 0.6 is 0 Å². The van der Waals surface area contributed by atoms with Crippen LogP contribution in [0, 0.1) is 0 Å². The number of aryl methyl sites for hydroxylation is 1. The van der Waals surface area contributed by atoms with Gasteiger partial charge in [0.15, 0.2) is 0 Å². The standard InChI is InChI=1S/C13H20N4O2/c14-7-8-15-12(18)6-5-11-9-3-1-2-4-10(9)13(19)17-16-11/h1-8,14H2,(H,15,18)(H,17,19). The van der Waals surface area contributed by atoms with Gasteiger partial charge in [0, 0.05) is 31.5 Å². The molecule has 0 saturated carbocycles. The maximum absolute atomic E-state index is 11.7. The predicted molar refractivity (Wildman–Crippen MR) is 71.9 cm³/mol. The van der Waals surface area contributed by atoms with Gasteiger partial charge in [-0.25, -0.2) is 5.10 Å². The van der Waals surface area contributed by atoms with Crippen molar-refractivity contribution in [3.8, 4) is 0 Å². The number of carbonyl (C=O) groups is 1. The van der Waals surface area contributed by atoms with Gasteiger partial charge in [0.25, 0.3) is 5.56 Å². The van der Waals surface area contributed by atoms with Crippen LogP contribution in [0.1, 0.15) is 36.1 Å². The summed E-state index contributed by atoms with van der Waals surface area (Å²) in [6, 6.07) is 0. The quantitative estimate of drug-likeness (QED) is 0.677. The van der Waals surface area contributed by atoms with E-state index in [2.05, 4.69) is 15.5 Å². The summed E-state index contributed by atoms with van der Waals surface area (Å²) in [5.41, 5.74) is 8.02. The van der Waals surface area contributed by atoms with Crippen molar-refractivity contribution in [3.05, 3.63) is 27.2 Å². The average molecular weight is 264 g/mol. The molecule has 6 nitrogen and oxygen atoms in total. The van der Waals surface area contributed by atoms with E-state index in [1.807, 2.05) is 0 Å². The summed E-state index contributed by atoms with van der Waals surface area (Å²) in [6.45, 7) is 0.939. The molecule has 0 aliphatic heterocycles. The lowest BCUT2D eigenvalue weighted by Gasteiger charge is -2.17. The average Bonchev–Trinajstić information content (AvgIpc) is 2.45. The molecule has 0 unspecified atom stereocenters. The number of fused-ring (bicyclic) bond motifs is 1. The highest BCUT2D eigenvalue weighted by Gasteiger charge is 2.18. The van der Waals surface area contributed by atoms with Crippen molar-refractivity contribution < 1.29 is 4.79 Å². The minimum absolute atomic E-state index is 0.0250. The number of nitrogens with two attached hydrogens (primary N) is 1. The fourth-order valence-electron chi connectivity index (χ4n) is 2.47. The number of nitrogens with one attached hydrogen (secondary N) is 2. The first kappa shape index (κ1) is 13.7. The molecule has 0 fully saturated rings. The van der Waals surface area contributed by atoms with Crippen LogP contribution in [0.4, 0.5) is 0 Å². The number of hydrogen-bond acceptors (Lipinski definition) is 4. The molecule has 1 aliphatic carbocycles. The van der Waals surface area contributed by atoms with Crippen molar-refractivity contribution in [2.45, 2.75) is 38.5 Å². The zero-order chi connectivity index (χ0) is 13.7. The molecule has 104 valence electrons. The van der Waals surface area contributed by atoms with E-state index in [4.69, 9.17) is 5.73 Å². The Bertz CT molecular complexity index is 510. The van der Waals surface area contributed by atoms with Gasteiger partial charge in [-0.3, -0.25) is 9.59 Å². The van der Waals surface area contributed by atoms with E-state index in [1.165, 1.54) is 0 Å². The molecule has 0 atom stereocenters. The Morgan fingerprint density at radius 1 is 1.32 bits per heavy atom. The van der Waals surface area contributed by atoms with Gasteiger partial charge < -0.3 is 11.1 Å². The Balaban J connectivity index is 2.05. The number of carbonyl (C=O) groups excluding carboxylic acids is 1. The van der Waals surface area contributed by atoms with Crippen molar-refractivity contribution in [3.63, 3.8) is 0 Å². The monoisotopic (exact) mass is 264 g/mol. The summed E-state index contributed by atoms with van der Waals surface area (Å²) in [5, 5.41) is 9.37. The van der Waals surface area contributed by atoms with Gasteiger partial charge >= 0.3 is 0 Å². The van der Waals surface area contributed by atoms with E-state index in [-0.39, 0.29) is 11.5 Å². The van der Waals surface area contributed by atoms with Crippen molar-refractivity contribution in [1.82, 2.24) is 15.5 Å². The molecular formula is C13H20N4O2. The van der Waals surface area contributed by atoms with Gasteiger partial charge in [0.05, 0.1) is 5.69 Å². The molecule has 0 radical (unpaired) electrons. The third-order valence-electron chi connectivity index (χ3n) is 3.44. The molecule has 0 aromatic carbocycles. The minimum Gasteiger partial charge on any atom is -0.355 e. The van der Waals surface area contributed by atoms with Crippen molar-refractivity contribution in [1.29, 1.82) is 0 Å². The highest BCUT2D eigenvalue weighted by atomic mass is 16.1. The molecule has 2 rings (SSSR count). The van der Waals surface area contributed by atoms with E-state index < -0.39 is 0 Å². The topological polar surface area (TPSA) is 101 Å². The summed E-state index contributed by atoms with van der Waals surface area (Å²) in [6.07, 6.45) is 4.80. The third kappa shape index (κ3) is 3.41. The lowest BCUT2D eigenvalue weighted by atomic mass is 9.91. The van der Waals surface area contributed by atoms with Crippen LogP contribution in [0.15, 0.2) is 4.79 Å². The normalized spacial score (nSPS) is 13.9. The molecule has 0 bridgehead atoms. The molecule has 1 aromatic rings. The summed E-state index contributed by atoms with van der Waals surface area (Å²) in [5.74, 6) is -0.0250. The van der Waals surface area contributed by atoms with Gasteiger partial charge in [-0.15, -0.1) is 0 Å². The fourth-order valence-corrected chi connectivity index (χ4v) is 2.47. The summed E-state index contributed by atoms with van der Waals surface area (Å²) < 4.78 is 0. The zero-order valence-electron chi connectivity index (χ0n) is 11.0. The second-order valence-electron chi connectivity index (χ2n) is 4.80. The van der Waals surface area contributed by atoms with Crippen molar-refractivity contribution >= 4 is 5.91 Å². The Hall–Kier alpha value is -1.69. The lowest BCUT2D eigenvalue weighted by molar-refractivity contribution is -0.121. The van der Waals surface area contributed by atoms with Gasteiger partial charge in [0.1, 0.15) is 0 Å². The maximum atomic E-state index is 11.7. The van der Waals surface area contributed by atoms with Gasteiger partial charge in [-0.1, -0.05) is 0 Å². The Labute approximate surface area is 111 Å². The van der Waals surface area contributed by atoms with Crippen LogP contribution in [0.5, 0.6) is 0 Å². The largest absolute Gasteiger partial charge is 0.355 e. The lowest BCUT2D eigenvalue weighted by Crippen LogP contribution is -2.29. The molecule has 0 spiro atoms. The number of H-pyrrole nitrogens is 1. The van der Waals surface area contributed by atoms with Gasteiger partial charge in [-0.2, -0.15) is 5.10 Å². The Morgan fingerprint density at radius 3 is 2.79 bits per heavy atom. The van der Waals surface area contributed by atoms with E-state index >= 15 is 0 Å². The first-order valence-corrected chi connectivity index (χ1v) is 6.78. The Kier molecular flexibility index (Phi) is 4.68. The maximum Gasteiger partial charge on any atom is 0.267 e. The first-order chi connectivity index (χ1) is 9.22. The van der Waals surface area contributed by atoms with Gasteiger partial charge in [0.2, 0.25) is 5.91 Å². The number of aromatic nitrogens is 2. The van der Waals surface area contributed by atoms with Crippen LogP contribution in [-0.2, 0) is 24.1 Å². The number of rotatable bonds is 5. The number of amides is 1. The fraction of sp³-hybridized carbons (Fsp3) is 0.615. The Morgan fingerprint density at radius 2 is 2.05 bits per heavy atom. The molecule has 19 heavy (non-hydrogen) atoms. The molecule has 1 amide bonds. The molecule has 4 N–H and O–H groups in total. The van der Waals surface area contributed by atoms with E-state index in [1.54, 1.807) is 0 Å². The van der Waals surface area contributed by atoms with Crippen LogP contribution in [0.3, 0.4) is 0 Å². The molecule has 0 saturated heterocycles. The highest BCUT2D eigenvalue weighted by Crippen LogP contribution is 2.20. The number of hydrogen-bond donors (Lipinski definition) is 3. The van der Waals surface area contributed by atoms with Crippen molar-refractivity contribution in [2.24, 2.45) is 5.73 Å². The predicted octanol–water partition coefficient (Wildman–Crippen LogP) is -0.344. The molecule has 1 aromatic heterocycles. The molecular weight excluding hydrogens is 244 g/mol. The van der Waals surface area contributed by atoms with E-state index in [0.717, 1.165) is 42.5 Å². The molecule has 1 heterocycles. The van der Waals surface area contributed by atoms with Crippen LogP contribution in [-0.4, -0.2) is 29.2 Å². The highest BCUT2D eigenvalue weighted by molar-refractivity contribution is 5.76. The zero-order valence-corrected chi connectivity index (χ0v) is 11.0. The van der Waals surface area contributed by atoms with E-state index in [9.17, 15) is 9.59 Å². The minimum atomic E-state index is -0.0777. The van der Waals surface area contributed by atoms with Crippen LogP contribution in [0.25, 0.3) is 0 Å². The second kappa shape index (κ2) is 6.47. The smallest absolute Gasteiger partial charge is 0.267 e. The van der Waals surface area contributed by atoms with Gasteiger partial charge in [-0.05, 0) is 31.2 Å². The van der Waals surface area contributed by atoms with E-state index in [0.29, 0.717) is 25.9 Å². The molecule has 6 heteroatoms. The SMILES string of the molecule is NCCNC(=O)CCc1n[nH]c(=O)c2c1CCCC2. The first-order valence-electron chi connectivity index (χ1n) is 6.78. The summed E-state index contributed by atoms with van der Waals surface area (Å²) in [7, 11) is 0. The van der Waals surface area contributed by atoms with Crippen LogP contribution < -0.4 is 16.6 Å². The third-order valence-corrected chi connectivity index (χ3v) is 3.44. The summed E-state index contributed by atoms with van der Waals surface area (Å²) >= 11 is 0. The van der Waals surface area contributed by atoms with Crippen LogP contribution in [0.2, 0.25) is 0 Å².